The monoisotopic (exact) mass is 386 g/mol. The van der Waals surface area contributed by atoms with E-state index in [1.807, 2.05) is 16.6 Å². The van der Waals surface area contributed by atoms with Crippen molar-refractivity contribution in [2.75, 3.05) is 0 Å². The molecule has 0 bridgehead atoms. The van der Waals surface area contributed by atoms with E-state index >= 15 is 0 Å². The van der Waals surface area contributed by atoms with Crippen molar-refractivity contribution in [1.29, 1.82) is 0 Å². The van der Waals surface area contributed by atoms with Crippen LogP contribution < -0.4 is 5.73 Å². The van der Waals surface area contributed by atoms with Gasteiger partial charge in [0.15, 0.2) is 0 Å². The Hall–Kier alpha value is -3.05. The molecule has 1 aromatic carbocycles. The highest BCUT2D eigenvalue weighted by atomic mass is 19.1. The standard InChI is InChI=1S/C24H23FN4/c25-20-7-4-18(5-8-20)23-22(17-10-14-27-15-11-17)21-9-6-19(16-29(21)28-23)24(26)12-2-1-3-13-24/h4-11,14-16H,1-3,12-13,26H2. The van der Waals surface area contributed by atoms with Gasteiger partial charge in [0.05, 0.1) is 5.52 Å². The first-order chi connectivity index (χ1) is 14.1. The third kappa shape index (κ3) is 3.21. The molecule has 0 saturated heterocycles. The fourth-order valence-electron chi connectivity index (χ4n) is 4.43. The van der Waals surface area contributed by atoms with Crippen molar-refractivity contribution in [2.45, 2.75) is 37.6 Å². The van der Waals surface area contributed by atoms with Crippen molar-refractivity contribution < 1.29 is 4.39 Å². The van der Waals surface area contributed by atoms with Gasteiger partial charge in [0.1, 0.15) is 11.5 Å². The van der Waals surface area contributed by atoms with E-state index in [0.717, 1.165) is 59.1 Å². The van der Waals surface area contributed by atoms with Crippen molar-refractivity contribution in [3.05, 3.63) is 78.5 Å². The van der Waals surface area contributed by atoms with E-state index in [-0.39, 0.29) is 11.4 Å². The topological polar surface area (TPSA) is 56.2 Å². The number of rotatable bonds is 3. The average molecular weight is 386 g/mol. The van der Waals surface area contributed by atoms with Crippen molar-refractivity contribution in [3.63, 3.8) is 0 Å². The molecule has 3 aromatic heterocycles. The third-order valence-electron chi connectivity index (χ3n) is 6.04. The lowest BCUT2D eigenvalue weighted by Crippen LogP contribution is -2.38. The highest BCUT2D eigenvalue weighted by Crippen LogP contribution is 2.38. The molecule has 1 aliphatic rings. The van der Waals surface area contributed by atoms with Crippen LogP contribution in [-0.2, 0) is 5.54 Å². The van der Waals surface area contributed by atoms with Crippen LogP contribution in [-0.4, -0.2) is 14.6 Å². The molecule has 3 heterocycles. The van der Waals surface area contributed by atoms with Gasteiger partial charge in [0, 0.05) is 35.3 Å². The Labute approximate surface area is 169 Å². The average Bonchev–Trinajstić information content (AvgIpc) is 3.14. The lowest BCUT2D eigenvalue weighted by Gasteiger charge is -2.33. The maximum absolute atomic E-state index is 13.5. The summed E-state index contributed by atoms with van der Waals surface area (Å²) in [6.45, 7) is 0. The van der Waals surface area contributed by atoms with Gasteiger partial charge in [-0.2, -0.15) is 5.10 Å². The second kappa shape index (κ2) is 7.08. The fourth-order valence-corrected chi connectivity index (χ4v) is 4.43. The fraction of sp³-hybridized carbons (Fsp3) is 0.250. The van der Waals surface area contributed by atoms with Gasteiger partial charge in [-0.1, -0.05) is 25.3 Å². The lowest BCUT2D eigenvalue weighted by molar-refractivity contribution is 0.301. The molecule has 2 N–H and O–H groups in total. The predicted octanol–water partition coefficient (Wildman–Crippen LogP) is 5.32. The Bertz CT molecular complexity index is 1140. The highest BCUT2D eigenvalue weighted by Gasteiger charge is 2.30. The van der Waals surface area contributed by atoms with Crippen LogP contribution in [0.25, 0.3) is 27.9 Å². The number of benzene rings is 1. The largest absolute Gasteiger partial charge is 0.321 e. The summed E-state index contributed by atoms with van der Waals surface area (Å²) in [5.74, 6) is -0.257. The summed E-state index contributed by atoms with van der Waals surface area (Å²) in [6.07, 6.45) is 11.2. The van der Waals surface area contributed by atoms with E-state index in [0.29, 0.717) is 0 Å². The second-order valence-electron chi connectivity index (χ2n) is 7.93. The minimum atomic E-state index is -0.286. The first kappa shape index (κ1) is 18.0. The van der Waals surface area contributed by atoms with Crippen LogP contribution in [0, 0.1) is 5.82 Å². The number of pyridine rings is 2. The van der Waals surface area contributed by atoms with E-state index in [4.69, 9.17) is 10.8 Å². The Morgan fingerprint density at radius 2 is 1.59 bits per heavy atom. The molecule has 5 rings (SSSR count). The zero-order valence-corrected chi connectivity index (χ0v) is 16.2. The number of hydrogen-bond acceptors (Lipinski definition) is 3. The predicted molar refractivity (Wildman–Crippen MR) is 113 cm³/mol. The molecule has 4 aromatic rings. The minimum Gasteiger partial charge on any atom is -0.321 e. The summed E-state index contributed by atoms with van der Waals surface area (Å²) >= 11 is 0. The van der Waals surface area contributed by atoms with Crippen LogP contribution in [0.5, 0.6) is 0 Å². The lowest BCUT2D eigenvalue weighted by atomic mass is 9.78. The van der Waals surface area contributed by atoms with Gasteiger partial charge in [-0.25, -0.2) is 8.91 Å². The van der Waals surface area contributed by atoms with Gasteiger partial charge < -0.3 is 5.73 Å². The van der Waals surface area contributed by atoms with Gasteiger partial charge in [0.25, 0.3) is 0 Å². The van der Waals surface area contributed by atoms with E-state index in [1.165, 1.54) is 18.6 Å². The van der Waals surface area contributed by atoms with Crippen LogP contribution in [0.3, 0.4) is 0 Å². The number of aromatic nitrogens is 3. The quantitative estimate of drug-likeness (QED) is 0.518. The van der Waals surface area contributed by atoms with Gasteiger partial charge in [-0.15, -0.1) is 0 Å². The Morgan fingerprint density at radius 3 is 2.31 bits per heavy atom. The maximum atomic E-state index is 13.5. The SMILES string of the molecule is NC1(c2ccc3c(-c4ccncc4)c(-c4ccc(F)cc4)nn3c2)CCCCC1. The molecule has 5 heteroatoms. The number of nitrogens with zero attached hydrogens (tertiary/aromatic N) is 3. The summed E-state index contributed by atoms with van der Waals surface area (Å²) in [5.41, 5.74) is 12.3. The van der Waals surface area contributed by atoms with Crippen molar-refractivity contribution >= 4 is 5.52 Å². The summed E-state index contributed by atoms with van der Waals surface area (Å²) in [6, 6.07) is 14.7. The van der Waals surface area contributed by atoms with Crippen molar-refractivity contribution in [3.8, 4) is 22.4 Å². The molecule has 0 spiro atoms. The molecule has 0 aliphatic heterocycles. The number of nitrogens with two attached hydrogens (primary N) is 1. The first-order valence-electron chi connectivity index (χ1n) is 10.1. The molecular weight excluding hydrogens is 363 g/mol. The number of fused-ring (bicyclic) bond motifs is 1. The van der Waals surface area contributed by atoms with Gasteiger partial charge in [0.2, 0.25) is 0 Å². The molecule has 0 amide bonds. The van der Waals surface area contributed by atoms with Gasteiger partial charge >= 0.3 is 0 Å². The van der Waals surface area contributed by atoms with E-state index < -0.39 is 0 Å². The summed E-state index contributed by atoms with van der Waals surface area (Å²) in [5, 5.41) is 4.89. The zero-order valence-electron chi connectivity index (χ0n) is 16.2. The molecule has 146 valence electrons. The second-order valence-corrected chi connectivity index (χ2v) is 7.93. The molecule has 4 nitrogen and oxygen atoms in total. The van der Waals surface area contributed by atoms with Crippen LogP contribution >= 0.6 is 0 Å². The van der Waals surface area contributed by atoms with Crippen LogP contribution in [0.2, 0.25) is 0 Å². The highest BCUT2D eigenvalue weighted by molar-refractivity contribution is 5.92. The number of hydrogen-bond donors (Lipinski definition) is 1. The van der Waals surface area contributed by atoms with Crippen LogP contribution in [0.15, 0.2) is 67.1 Å². The van der Waals surface area contributed by atoms with E-state index in [9.17, 15) is 4.39 Å². The summed E-state index contributed by atoms with van der Waals surface area (Å²) in [7, 11) is 0. The van der Waals surface area contributed by atoms with E-state index in [1.54, 1.807) is 24.5 Å². The molecule has 29 heavy (non-hydrogen) atoms. The van der Waals surface area contributed by atoms with E-state index in [2.05, 4.69) is 23.3 Å². The molecule has 0 radical (unpaired) electrons. The van der Waals surface area contributed by atoms with Crippen LogP contribution in [0.1, 0.15) is 37.7 Å². The number of halogens is 1. The molecule has 0 atom stereocenters. The Kier molecular flexibility index (Phi) is 4.40. The maximum Gasteiger partial charge on any atom is 0.123 e. The van der Waals surface area contributed by atoms with Crippen molar-refractivity contribution in [1.82, 2.24) is 14.6 Å². The first-order valence-corrected chi connectivity index (χ1v) is 10.1. The Balaban J connectivity index is 1.71. The van der Waals surface area contributed by atoms with Gasteiger partial charge in [-0.05, 0) is 66.4 Å². The zero-order chi connectivity index (χ0) is 19.8. The molecule has 1 saturated carbocycles. The smallest absolute Gasteiger partial charge is 0.123 e. The normalized spacial score (nSPS) is 16.2. The minimum absolute atomic E-state index is 0.257. The summed E-state index contributed by atoms with van der Waals surface area (Å²) < 4.78 is 15.4. The van der Waals surface area contributed by atoms with Crippen LogP contribution in [0.4, 0.5) is 4.39 Å². The Morgan fingerprint density at radius 1 is 0.862 bits per heavy atom. The molecular formula is C24H23FN4. The molecule has 1 aliphatic carbocycles. The van der Waals surface area contributed by atoms with Crippen molar-refractivity contribution in [2.24, 2.45) is 5.73 Å². The molecule has 0 unspecified atom stereocenters. The third-order valence-corrected chi connectivity index (χ3v) is 6.04. The summed E-state index contributed by atoms with van der Waals surface area (Å²) in [4.78, 5) is 4.14. The molecule has 1 fully saturated rings. The van der Waals surface area contributed by atoms with Gasteiger partial charge in [-0.3, -0.25) is 4.98 Å².